The number of hydrogen-bond acceptors (Lipinski definition) is 11. The van der Waals surface area contributed by atoms with Crippen LogP contribution >= 0.6 is 11.5 Å². The fourth-order valence-corrected chi connectivity index (χ4v) is 3.52. The number of ether oxygens (including phenoxy) is 2. The van der Waals surface area contributed by atoms with E-state index in [1.165, 1.54) is 6.20 Å². The summed E-state index contributed by atoms with van der Waals surface area (Å²) in [5, 5.41) is 25.4. The summed E-state index contributed by atoms with van der Waals surface area (Å²) < 4.78 is 13.9. The van der Waals surface area contributed by atoms with E-state index in [0.717, 1.165) is 11.5 Å². The maximum atomic E-state index is 11.8. The molecule has 0 saturated heterocycles. The lowest BCUT2D eigenvalue weighted by atomic mass is 10.2. The molecule has 0 radical (unpaired) electrons. The number of H-pyrrole nitrogens is 1. The zero-order valence-corrected chi connectivity index (χ0v) is 25.7. The minimum Gasteiger partial charge on any atom is -0.444 e. The number of rotatable bonds is 6. The molecule has 15 nitrogen and oxygen atoms in total. The molecule has 44 heavy (non-hydrogen) atoms. The van der Waals surface area contributed by atoms with Crippen molar-refractivity contribution in [1.82, 2.24) is 25.0 Å². The second kappa shape index (κ2) is 14.7. The van der Waals surface area contributed by atoms with Crippen LogP contribution in [0.1, 0.15) is 62.5 Å². The Balaban J connectivity index is 0.000000240. The Kier molecular flexibility index (Phi) is 11.1. The largest absolute Gasteiger partial charge is 0.444 e. The first kappa shape index (κ1) is 33.1. The lowest BCUT2D eigenvalue weighted by molar-refractivity contribution is 0.0624. The highest BCUT2D eigenvalue weighted by Gasteiger charge is 2.17. The molecule has 2 heterocycles. The standard InChI is InChI=1S/C14H17N5O3.C14H16N4O3S/c1-14(2,3)22-13(21)17-10-6-4-9(5-7-10)16-12(20)11-8-15-19-18-11;1-14(2,3)21-13(20)16-10-6-4-9(5-7-10)15-12(19)11-8-22-18-17-11/h4-8H,1-3H3,(H,16,20)(H,17,21)(H,15,18,19);4-8H,1-3H3,(H,15,19)(H,16,20). The van der Waals surface area contributed by atoms with Crippen LogP contribution in [0.2, 0.25) is 0 Å². The molecular formula is C28H33N9O6S. The summed E-state index contributed by atoms with van der Waals surface area (Å²) in [6.45, 7) is 10.7. The average Bonchev–Trinajstić information content (AvgIpc) is 3.64. The second-order valence-corrected chi connectivity index (χ2v) is 11.6. The van der Waals surface area contributed by atoms with Crippen molar-refractivity contribution in [2.75, 3.05) is 21.3 Å². The van der Waals surface area contributed by atoms with Gasteiger partial charge in [-0.2, -0.15) is 15.4 Å². The molecule has 2 aromatic carbocycles. The van der Waals surface area contributed by atoms with Gasteiger partial charge in [0.15, 0.2) is 11.4 Å². The van der Waals surface area contributed by atoms with Crippen molar-refractivity contribution in [3.05, 3.63) is 71.5 Å². The van der Waals surface area contributed by atoms with Gasteiger partial charge < -0.3 is 20.1 Å². The van der Waals surface area contributed by atoms with E-state index in [4.69, 9.17) is 9.47 Å². The highest BCUT2D eigenvalue weighted by Crippen LogP contribution is 2.17. The normalized spacial score (nSPS) is 10.9. The third kappa shape index (κ3) is 11.8. The van der Waals surface area contributed by atoms with Crippen LogP contribution in [0.4, 0.5) is 32.3 Å². The maximum Gasteiger partial charge on any atom is 0.412 e. The van der Waals surface area contributed by atoms with Crippen molar-refractivity contribution in [3.63, 3.8) is 0 Å². The molecule has 0 spiro atoms. The Morgan fingerprint density at radius 1 is 0.659 bits per heavy atom. The Morgan fingerprint density at radius 2 is 1.07 bits per heavy atom. The minimum absolute atomic E-state index is 0.191. The highest BCUT2D eigenvalue weighted by atomic mass is 32.1. The molecule has 0 aliphatic carbocycles. The molecule has 4 rings (SSSR count). The first-order valence-electron chi connectivity index (χ1n) is 13.1. The first-order chi connectivity index (χ1) is 20.7. The highest BCUT2D eigenvalue weighted by molar-refractivity contribution is 7.03. The number of anilines is 4. The van der Waals surface area contributed by atoms with Crippen LogP contribution < -0.4 is 21.3 Å². The Hall–Kier alpha value is -5.38. The quantitative estimate of drug-likeness (QED) is 0.181. The van der Waals surface area contributed by atoms with E-state index in [1.807, 2.05) is 0 Å². The molecule has 0 unspecified atom stereocenters. The van der Waals surface area contributed by atoms with Gasteiger partial charge in [-0.25, -0.2) is 9.59 Å². The zero-order chi connectivity index (χ0) is 32.3. The molecular weight excluding hydrogens is 590 g/mol. The van der Waals surface area contributed by atoms with Gasteiger partial charge >= 0.3 is 12.2 Å². The number of carbonyl (C=O) groups excluding carboxylic acids is 4. The van der Waals surface area contributed by atoms with Gasteiger partial charge in [0.25, 0.3) is 11.8 Å². The summed E-state index contributed by atoms with van der Waals surface area (Å²) >= 11 is 1.11. The monoisotopic (exact) mass is 623 g/mol. The summed E-state index contributed by atoms with van der Waals surface area (Å²) in [6, 6.07) is 13.3. The number of nitrogens with zero attached hydrogens (tertiary/aromatic N) is 4. The van der Waals surface area contributed by atoms with Crippen LogP contribution in [-0.4, -0.2) is 60.2 Å². The van der Waals surface area contributed by atoms with Gasteiger partial charge in [0, 0.05) is 28.1 Å². The van der Waals surface area contributed by atoms with Crippen molar-refractivity contribution in [2.45, 2.75) is 52.7 Å². The zero-order valence-electron chi connectivity index (χ0n) is 24.9. The van der Waals surface area contributed by atoms with Crippen LogP contribution in [0.5, 0.6) is 0 Å². The summed E-state index contributed by atoms with van der Waals surface area (Å²) in [6.07, 6.45) is 0.262. The van der Waals surface area contributed by atoms with E-state index in [2.05, 4.69) is 46.3 Å². The first-order valence-corrected chi connectivity index (χ1v) is 14.0. The topological polar surface area (TPSA) is 202 Å². The van der Waals surface area contributed by atoms with Gasteiger partial charge in [-0.15, -0.1) is 5.10 Å². The average molecular weight is 624 g/mol. The Labute approximate surface area is 257 Å². The van der Waals surface area contributed by atoms with Crippen molar-refractivity contribution >= 4 is 58.3 Å². The van der Waals surface area contributed by atoms with Gasteiger partial charge in [0.05, 0.1) is 6.20 Å². The molecule has 4 aromatic rings. The minimum atomic E-state index is -0.560. The summed E-state index contributed by atoms with van der Waals surface area (Å²) in [7, 11) is 0. The van der Waals surface area contributed by atoms with Crippen LogP contribution in [0, 0.1) is 0 Å². The number of aromatic amines is 1. The Morgan fingerprint density at radius 3 is 1.41 bits per heavy atom. The summed E-state index contributed by atoms with van der Waals surface area (Å²) in [5.41, 5.74) is 1.64. The van der Waals surface area contributed by atoms with Crippen LogP contribution in [0.25, 0.3) is 0 Å². The lowest BCUT2D eigenvalue weighted by Gasteiger charge is -2.19. The van der Waals surface area contributed by atoms with E-state index < -0.39 is 23.4 Å². The van der Waals surface area contributed by atoms with Gasteiger partial charge in [-0.1, -0.05) is 4.49 Å². The fraction of sp³-hybridized carbons (Fsp3) is 0.286. The summed E-state index contributed by atoms with van der Waals surface area (Å²) in [4.78, 5) is 46.8. The van der Waals surface area contributed by atoms with Gasteiger partial charge in [-0.3, -0.25) is 20.2 Å². The predicted octanol–water partition coefficient (Wildman–Crippen LogP) is 5.54. The molecule has 0 atom stereocenters. The predicted molar refractivity (Wildman–Crippen MR) is 165 cm³/mol. The van der Waals surface area contributed by atoms with E-state index in [-0.39, 0.29) is 23.2 Å². The third-order valence-electron chi connectivity index (χ3n) is 4.82. The molecule has 0 bridgehead atoms. The molecule has 2 aromatic heterocycles. The number of hydrogen-bond donors (Lipinski definition) is 5. The van der Waals surface area contributed by atoms with Crippen molar-refractivity contribution in [3.8, 4) is 0 Å². The number of aromatic nitrogens is 5. The number of amides is 4. The molecule has 232 valence electrons. The van der Waals surface area contributed by atoms with Crippen molar-refractivity contribution in [1.29, 1.82) is 0 Å². The van der Waals surface area contributed by atoms with Crippen molar-refractivity contribution in [2.24, 2.45) is 0 Å². The van der Waals surface area contributed by atoms with E-state index >= 15 is 0 Å². The van der Waals surface area contributed by atoms with Crippen LogP contribution in [0.15, 0.2) is 60.1 Å². The molecule has 0 saturated carbocycles. The maximum absolute atomic E-state index is 11.8. The number of benzene rings is 2. The fourth-order valence-electron chi connectivity index (χ4n) is 3.08. The molecule has 0 fully saturated rings. The summed E-state index contributed by atoms with van der Waals surface area (Å²) in [5.74, 6) is -0.705. The number of nitrogens with one attached hydrogen (secondary N) is 5. The van der Waals surface area contributed by atoms with Crippen LogP contribution in [0.3, 0.4) is 0 Å². The lowest BCUT2D eigenvalue weighted by Crippen LogP contribution is -2.27. The van der Waals surface area contributed by atoms with Crippen molar-refractivity contribution < 1.29 is 28.7 Å². The molecule has 5 N–H and O–H groups in total. The van der Waals surface area contributed by atoms with E-state index in [9.17, 15) is 19.2 Å². The third-order valence-corrected chi connectivity index (χ3v) is 5.32. The van der Waals surface area contributed by atoms with Gasteiger partial charge in [0.1, 0.15) is 11.2 Å². The molecule has 0 aliphatic rings. The van der Waals surface area contributed by atoms with Crippen LogP contribution in [-0.2, 0) is 9.47 Å². The Bertz CT molecular complexity index is 1410. The molecule has 4 amide bonds. The molecule has 16 heteroatoms. The van der Waals surface area contributed by atoms with E-state index in [1.54, 1.807) is 95.5 Å². The number of carbonyl (C=O) groups is 4. The second-order valence-electron chi connectivity index (χ2n) is 11.0. The van der Waals surface area contributed by atoms with Gasteiger partial charge in [0.2, 0.25) is 0 Å². The smallest absolute Gasteiger partial charge is 0.412 e. The van der Waals surface area contributed by atoms with Gasteiger partial charge in [-0.05, 0) is 102 Å². The SMILES string of the molecule is CC(C)(C)OC(=O)Nc1ccc(NC(=O)c2cn[nH]n2)cc1.CC(C)(C)OC(=O)Nc1ccc(NC(=O)c2csnn2)cc1. The van der Waals surface area contributed by atoms with E-state index in [0.29, 0.717) is 22.7 Å². The molecule has 0 aliphatic heterocycles.